The van der Waals surface area contributed by atoms with E-state index in [0.717, 1.165) is 9.13 Å². The molecule has 0 bridgehead atoms. The lowest BCUT2D eigenvalue weighted by Crippen LogP contribution is -1.97. The van der Waals surface area contributed by atoms with Gasteiger partial charge in [0.05, 0.1) is 12.2 Å². The van der Waals surface area contributed by atoms with Gasteiger partial charge in [-0.25, -0.2) is 0 Å². The van der Waals surface area contributed by atoms with E-state index >= 15 is 0 Å². The maximum atomic E-state index is 9.58. The van der Waals surface area contributed by atoms with Crippen molar-refractivity contribution in [2.75, 3.05) is 0 Å². The van der Waals surface area contributed by atoms with Crippen molar-refractivity contribution in [3.63, 3.8) is 0 Å². The molecule has 3 nitrogen and oxygen atoms in total. The van der Waals surface area contributed by atoms with Crippen molar-refractivity contribution in [2.45, 2.75) is 18.9 Å². The van der Waals surface area contributed by atoms with Gasteiger partial charge in [-0.1, -0.05) is 0 Å². The largest absolute Gasteiger partial charge is 0.388 e. The summed E-state index contributed by atoms with van der Waals surface area (Å²) in [5.74, 6) is 0. The van der Waals surface area contributed by atoms with Crippen LogP contribution < -0.4 is 0 Å². The number of hydrogen-bond donors (Lipinski definition) is 1. The SMILES string of the molecule is N#CCC[C@@H](O)c1cncc(I)c1. The van der Waals surface area contributed by atoms with Gasteiger partial charge in [-0.05, 0) is 40.6 Å². The first-order chi connectivity index (χ1) is 6.24. The molecule has 0 aliphatic rings. The molecular formula is C9H9IN2O. The topological polar surface area (TPSA) is 56.9 Å². The molecule has 0 radical (unpaired) electrons. The highest BCUT2D eigenvalue weighted by Crippen LogP contribution is 2.18. The normalized spacial score (nSPS) is 12.1. The van der Waals surface area contributed by atoms with Crippen LogP contribution in [-0.4, -0.2) is 10.1 Å². The summed E-state index contributed by atoms with van der Waals surface area (Å²) in [6.07, 6.45) is 3.62. The highest BCUT2D eigenvalue weighted by Gasteiger charge is 2.07. The van der Waals surface area contributed by atoms with E-state index in [2.05, 4.69) is 27.6 Å². The zero-order valence-corrected chi connectivity index (χ0v) is 9.10. The van der Waals surface area contributed by atoms with Gasteiger partial charge in [-0.15, -0.1) is 0 Å². The van der Waals surface area contributed by atoms with Crippen LogP contribution >= 0.6 is 22.6 Å². The highest BCUT2D eigenvalue weighted by atomic mass is 127. The fourth-order valence-electron chi connectivity index (χ4n) is 0.978. The highest BCUT2D eigenvalue weighted by molar-refractivity contribution is 14.1. The van der Waals surface area contributed by atoms with E-state index in [-0.39, 0.29) is 0 Å². The lowest BCUT2D eigenvalue weighted by molar-refractivity contribution is 0.169. The van der Waals surface area contributed by atoms with E-state index in [1.54, 1.807) is 12.4 Å². The molecule has 13 heavy (non-hydrogen) atoms. The van der Waals surface area contributed by atoms with Crippen molar-refractivity contribution in [1.29, 1.82) is 5.26 Å². The number of aromatic nitrogens is 1. The summed E-state index contributed by atoms with van der Waals surface area (Å²) < 4.78 is 0.992. The van der Waals surface area contributed by atoms with E-state index < -0.39 is 6.10 Å². The average molecular weight is 288 g/mol. The molecule has 0 aliphatic carbocycles. The first-order valence-corrected chi connectivity index (χ1v) is 4.97. The van der Waals surface area contributed by atoms with Gasteiger partial charge in [0.2, 0.25) is 0 Å². The van der Waals surface area contributed by atoms with Crippen LogP contribution in [0.5, 0.6) is 0 Å². The third-order valence-corrected chi connectivity index (χ3v) is 2.23. The van der Waals surface area contributed by atoms with Gasteiger partial charge in [0.25, 0.3) is 0 Å². The fourth-order valence-corrected chi connectivity index (χ4v) is 1.50. The maximum Gasteiger partial charge on any atom is 0.0815 e. The Morgan fingerprint density at radius 1 is 1.62 bits per heavy atom. The van der Waals surface area contributed by atoms with Gasteiger partial charge in [0.1, 0.15) is 0 Å². The minimum atomic E-state index is -0.568. The first kappa shape index (κ1) is 10.4. The number of hydrogen-bond acceptors (Lipinski definition) is 3. The third-order valence-electron chi connectivity index (χ3n) is 1.64. The molecule has 1 N–H and O–H groups in total. The van der Waals surface area contributed by atoms with Crippen LogP contribution in [0.1, 0.15) is 24.5 Å². The predicted molar refractivity (Wildman–Crippen MR) is 56.8 cm³/mol. The molecule has 1 rings (SSSR count). The van der Waals surface area contributed by atoms with Crippen LogP contribution in [0.2, 0.25) is 0 Å². The summed E-state index contributed by atoms with van der Waals surface area (Å²) in [5, 5.41) is 17.9. The molecule has 0 fully saturated rings. The molecular weight excluding hydrogens is 279 g/mol. The number of nitrogens with zero attached hydrogens (tertiary/aromatic N) is 2. The lowest BCUT2D eigenvalue weighted by atomic mass is 10.1. The van der Waals surface area contributed by atoms with E-state index in [4.69, 9.17) is 5.26 Å². The molecule has 0 unspecified atom stereocenters. The Morgan fingerprint density at radius 3 is 3.00 bits per heavy atom. The minimum absolute atomic E-state index is 0.368. The van der Waals surface area contributed by atoms with Crippen LogP contribution in [0.25, 0.3) is 0 Å². The number of aliphatic hydroxyl groups is 1. The smallest absolute Gasteiger partial charge is 0.0815 e. The molecule has 1 aromatic heterocycles. The third kappa shape index (κ3) is 3.28. The Bertz CT molecular complexity index is 322. The standard InChI is InChI=1S/C9H9IN2O/c10-8-4-7(5-12-6-8)9(13)2-1-3-11/h4-6,9,13H,1-2H2/t9-/m1/s1. The van der Waals surface area contributed by atoms with Crippen LogP contribution in [0.15, 0.2) is 18.5 Å². The molecule has 0 aromatic carbocycles. The van der Waals surface area contributed by atoms with Gasteiger partial charge in [0, 0.05) is 22.4 Å². The Morgan fingerprint density at radius 2 is 2.38 bits per heavy atom. The Balaban J connectivity index is 2.66. The van der Waals surface area contributed by atoms with Crippen LogP contribution in [-0.2, 0) is 0 Å². The second-order valence-corrected chi connectivity index (χ2v) is 3.89. The van der Waals surface area contributed by atoms with E-state index in [9.17, 15) is 5.11 Å². The lowest BCUT2D eigenvalue weighted by Gasteiger charge is -2.07. The molecule has 0 amide bonds. The molecule has 0 saturated heterocycles. The maximum absolute atomic E-state index is 9.58. The van der Waals surface area contributed by atoms with Crippen molar-refractivity contribution in [1.82, 2.24) is 4.98 Å². The van der Waals surface area contributed by atoms with Crippen LogP contribution in [0, 0.1) is 14.9 Å². The van der Waals surface area contributed by atoms with Crippen molar-refractivity contribution in [3.8, 4) is 6.07 Å². The summed E-state index contributed by atoms with van der Waals surface area (Å²) >= 11 is 2.14. The van der Waals surface area contributed by atoms with Crippen LogP contribution in [0.3, 0.4) is 0 Å². The average Bonchev–Trinajstić information content (AvgIpc) is 2.14. The van der Waals surface area contributed by atoms with E-state index in [1.165, 1.54) is 0 Å². The summed E-state index contributed by atoms with van der Waals surface area (Å²) in [6.45, 7) is 0. The van der Waals surface area contributed by atoms with Gasteiger partial charge >= 0.3 is 0 Å². The summed E-state index contributed by atoms with van der Waals surface area (Å²) in [7, 11) is 0. The van der Waals surface area contributed by atoms with Gasteiger partial charge in [-0.2, -0.15) is 5.26 Å². The molecule has 0 saturated carbocycles. The Labute approximate surface area is 90.6 Å². The Hall–Kier alpha value is -0.670. The van der Waals surface area contributed by atoms with Gasteiger partial charge in [0.15, 0.2) is 0 Å². The minimum Gasteiger partial charge on any atom is -0.388 e. The molecule has 0 spiro atoms. The van der Waals surface area contributed by atoms with Gasteiger partial charge < -0.3 is 5.11 Å². The second kappa shape index (κ2) is 5.14. The van der Waals surface area contributed by atoms with Crippen molar-refractivity contribution in [3.05, 3.63) is 27.6 Å². The fraction of sp³-hybridized carbons (Fsp3) is 0.333. The molecule has 0 aliphatic heterocycles. The van der Waals surface area contributed by atoms with E-state index in [1.807, 2.05) is 12.1 Å². The van der Waals surface area contributed by atoms with Gasteiger partial charge in [-0.3, -0.25) is 4.98 Å². The predicted octanol–water partition coefficient (Wildman–Crippen LogP) is 2.02. The summed E-state index contributed by atoms with van der Waals surface area (Å²) in [4.78, 5) is 3.96. The molecule has 1 aromatic rings. The monoisotopic (exact) mass is 288 g/mol. The number of nitriles is 1. The molecule has 68 valence electrons. The summed E-state index contributed by atoms with van der Waals surface area (Å²) in [6, 6.07) is 3.87. The molecule has 1 atom stereocenters. The van der Waals surface area contributed by atoms with E-state index in [0.29, 0.717) is 12.8 Å². The Kier molecular flexibility index (Phi) is 4.12. The quantitative estimate of drug-likeness (QED) is 0.866. The zero-order chi connectivity index (χ0) is 9.68. The zero-order valence-electron chi connectivity index (χ0n) is 6.94. The molecule has 1 heterocycles. The number of rotatable bonds is 3. The number of pyridine rings is 1. The first-order valence-electron chi connectivity index (χ1n) is 3.89. The van der Waals surface area contributed by atoms with Crippen LogP contribution in [0.4, 0.5) is 0 Å². The number of halogens is 1. The second-order valence-electron chi connectivity index (χ2n) is 2.65. The van der Waals surface area contributed by atoms with Crippen molar-refractivity contribution in [2.24, 2.45) is 0 Å². The van der Waals surface area contributed by atoms with Crippen molar-refractivity contribution < 1.29 is 5.11 Å². The number of aliphatic hydroxyl groups excluding tert-OH is 1. The molecule has 4 heteroatoms. The summed E-state index contributed by atoms with van der Waals surface area (Å²) in [5.41, 5.74) is 0.780. The van der Waals surface area contributed by atoms with Crippen molar-refractivity contribution >= 4 is 22.6 Å².